The lowest BCUT2D eigenvalue weighted by molar-refractivity contribution is -0.117. The molecule has 28 heavy (non-hydrogen) atoms. The maximum Gasteiger partial charge on any atom is 0.415 e. The van der Waals surface area contributed by atoms with Crippen molar-refractivity contribution >= 4 is 29.9 Å². The highest BCUT2D eigenvalue weighted by Gasteiger charge is 2.48. The summed E-state index contributed by atoms with van der Waals surface area (Å²) >= 11 is 0. The number of nitrogens with zero attached hydrogens (tertiary/aromatic N) is 3. The van der Waals surface area contributed by atoms with E-state index in [1.807, 2.05) is 6.08 Å². The lowest BCUT2D eigenvalue weighted by Gasteiger charge is -2.23. The fourth-order valence-corrected chi connectivity index (χ4v) is 4.07. The molecule has 3 heterocycles. The van der Waals surface area contributed by atoms with E-state index in [-0.39, 0.29) is 12.6 Å². The van der Waals surface area contributed by atoms with E-state index in [2.05, 4.69) is 0 Å². The van der Waals surface area contributed by atoms with Crippen molar-refractivity contribution in [3.63, 3.8) is 0 Å². The van der Waals surface area contributed by atoms with Crippen LogP contribution < -0.4 is 4.90 Å². The zero-order chi connectivity index (χ0) is 20.0. The number of fused-ring (bicyclic) bond motifs is 3. The topological polar surface area (TPSA) is 90.4 Å². The van der Waals surface area contributed by atoms with Gasteiger partial charge >= 0.3 is 12.2 Å². The molecule has 0 bridgehead atoms. The highest BCUT2D eigenvalue weighted by molar-refractivity contribution is 5.94. The average molecular weight is 389 g/mol. The number of benzene rings is 1. The quantitative estimate of drug-likeness (QED) is 0.795. The minimum atomic E-state index is -1.10. The first-order valence-electron chi connectivity index (χ1n) is 9.04. The summed E-state index contributed by atoms with van der Waals surface area (Å²) in [6, 6.07) is 2.75. The van der Waals surface area contributed by atoms with Crippen molar-refractivity contribution in [2.45, 2.75) is 25.0 Å². The van der Waals surface area contributed by atoms with Crippen molar-refractivity contribution < 1.29 is 28.6 Å². The Labute approximate surface area is 160 Å². The third-order valence-corrected chi connectivity index (χ3v) is 5.58. The van der Waals surface area contributed by atoms with Crippen LogP contribution in [0.4, 0.5) is 19.7 Å². The van der Waals surface area contributed by atoms with Crippen LogP contribution in [0.5, 0.6) is 0 Å². The van der Waals surface area contributed by atoms with Gasteiger partial charge in [-0.1, -0.05) is 6.08 Å². The van der Waals surface area contributed by atoms with Gasteiger partial charge in [-0.2, -0.15) is 0 Å². The number of amides is 3. The minimum absolute atomic E-state index is 0.0538. The zero-order valence-electron chi connectivity index (χ0n) is 15.3. The van der Waals surface area contributed by atoms with E-state index in [0.717, 1.165) is 22.4 Å². The molecule has 8 nitrogen and oxygen atoms in total. The zero-order valence-corrected chi connectivity index (χ0v) is 15.3. The maximum absolute atomic E-state index is 14.8. The van der Waals surface area contributed by atoms with Crippen molar-refractivity contribution in [3.8, 4) is 0 Å². The van der Waals surface area contributed by atoms with Gasteiger partial charge in [0, 0.05) is 25.7 Å². The second-order valence-corrected chi connectivity index (χ2v) is 7.27. The van der Waals surface area contributed by atoms with Crippen LogP contribution in [0.1, 0.15) is 17.5 Å². The van der Waals surface area contributed by atoms with E-state index in [1.165, 1.54) is 18.0 Å². The molecule has 0 saturated carbocycles. The predicted octanol–water partition coefficient (Wildman–Crippen LogP) is 1.93. The summed E-state index contributed by atoms with van der Waals surface area (Å²) in [5.74, 6) is -0.427. The SMILES string of the molecule is CN(C[C@@H]1OC(=O)N2c3cc(F)c(C4=CCN(C=O)CC4)cc3C[C@@H]12)C(=O)O. The Balaban J connectivity index is 1.61. The summed E-state index contributed by atoms with van der Waals surface area (Å²) < 4.78 is 20.1. The average Bonchev–Trinajstić information content (AvgIpc) is 3.18. The third-order valence-electron chi connectivity index (χ3n) is 5.58. The summed E-state index contributed by atoms with van der Waals surface area (Å²) in [5.41, 5.74) is 2.63. The van der Waals surface area contributed by atoms with Crippen LogP contribution in [0.15, 0.2) is 18.2 Å². The van der Waals surface area contributed by atoms with Crippen LogP contribution in [-0.2, 0) is 16.0 Å². The van der Waals surface area contributed by atoms with Gasteiger partial charge in [0.05, 0.1) is 18.3 Å². The Kier molecular flexibility index (Phi) is 4.44. The molecule has 1 aromatic carbocycles. The Bertz CT molecular complexity index is 887. The summed E-state index contributed by atoms with van der Waals surface area (Å²) in [6.07, 6.45) is 1.36. The number of carbonyl (C=O) groups excluding carboxylic acids is 2. The van der Waals surface area contributed by atoms with Crippen LogP contribution in [0.2, 0.25) is 0 Å². The molecule has 1 fully saturated rings. The van der Waals surface area contributed by atoms with Crippen molar-refractivity contribution in [1.29, 1.82) is 0 Å². The van der Waals surface area contributed by atoms with Gasteiger partial charge in [0.15, 0.2) is 0 Å². The van der Waals surface area contributed by atoms with Gasteiger partial charge in [0.1, 0.15) is 11.9 Å². The Morgan fingerprint density at radius 3 is 2.89 bits per heavy atom. The Morgan fingerprint density at radius 2 is 2.25 bits per heavy atom. The van der Waals surface area contributed by atoms with Crippen LogP contribution in [-0.4, -0.2) is 72.3 Å². The predicted molar refractivity (Wildman–Crippen MR) is 97.5 cm³/mol. The summed E-state index contributed by atoms with van der Waals surface area (Å²) in [5, 5.41) is 9.07. The molecular formula is C19H20FN3O5. The molecule has 3 aliphatic heterocycles. The van der Waals surface area contributed by atoms with E-state index in [4.69, 9.17) is 9.84 Å². The number of hydrogen-bond acceptors (Lipinski definition) is 4. The second kappa shape index (κ2) is 6.81. The molecule has 1 saturated heterocycles. The number of hydrogen-bond donors (Lipinski definition) is 1. The maximum atomic E-state index is 14.8. The Hall–Kier alpha value is -3.10. The molecule has 0 unspecified atom stereocenters. The van der Waals surface area contributed by atoms with Crippen molar-refractivity contribution in [2.75, 3.05) is 31.6 Å². The van der Waals surface area contributed by atoms with Gasteiger partial charge < -0.3 is 19.6 Å². The lowest BCUT2D eigenvalue weighted by Crippen LogP contribution is -2.41. The molecule has 2 atom stereocenters. The fraction of sp³-hybridized carbons (Fsp3) is 0.421. The number of ether oxygens (including phenoxy) is 1. The van der Waals surface area contributed by atoms with Crippen LogP contribution >= 0.6 is 0 Å². The molecule has 0 aromatic heterocycles. The van der Waals surface area contributed by atoms with Crippen LogP contribution in [0, 0.1) is 5.82 Å². The first-order valence-corrected chi connectivity index (χ1v) is 9.04. The number of carbonyl (C=O) groups is 3. The normalized spacial score (nSPS) is 23.1. The molecule has 148 valence electrons. The summed E-state index contributed by atoms with van der Waals surface area (Å²) in [7, 11) is 1.41. The van der Waals surface area contributed by atoms with Gasteiger partial charge in [0.2, 0.25) is 6.41 Å². The van der Waals surface area contributed by atoms with Crippen LogP contribution in [0.3, 0.4) is 0 Å². The molecule has 3 amide bonds. The van der Waals surface area contributed by atoms with Crippen molar-refractivity contribution in [2.24, 2.45) is 0 Å². The molecule has 4 rings (SSSR count). The smallest absolute Gasteiger partial charge is 0.415 e. The number of rotatable bonds is 4. The first-order chi connectivity index (χ1) is 13.4. The third kappa shape index (κ3) is 2.96. The lowest BCUT2D eigenvalue weighted by atomic mass is 9.95. The summed E-state index contributed by atoms with van der Waals surface area (Å²) in [4.78, 5) is 38.3. The van der Waals surface area contributed by atoms with Crippen molar-refractivity contribution in [1.82, 2.24) is 9.80 Å². The minimum Gasteiger partial charge on any atom is -0.465 e. The largest absolute Gasteiger partial charge is 0.465 e. The van der Waals surface area contributed by atoms with Gasteiger partial charge in [-0.3, -0.25) is 9.69 Å². The van der Waals surface area contributed by atoms with E-state index in [0.29, 0.717) is 37.2 Å². The van der Waals surface area contributed by atoms with Gasteiger partial charge in [-0.15, -0.1) is 0 Å². The van der Waals surface area contributed by atoms with E-state index < -0.39 is 24.1 Å². The monoisotopic (exact) mass is 389 g/mol. The highest BCUT2D eigenvalue weighted by atomic mass is 19.1. The Morgan fingerprint density at radius 1 is 1.46 bits per heavy atom. The molecule has 3 aliphatic rings. The van der Waals surface area contributed by atoms with Crippen molar-refractivity contribution in [3.05, 3.63) is 35.2 Å². The molecule has 9 heteroatoms. The van der Waals surface area contributed by atoms with Crippen LogP contribution in [0.25, 0.3) is 5.57 Å². The van der Waals surface area contributed by atoms with E-state index in [9.17, 15) is 18.8 Å². The molecule has 1 N–H and O–H groups in total. The molecule has 1 aromatic rings. The number of carboxylic acid groups (broad SMARTS) is 1. The number of likely N-dealkylation sites (N-methyl/N-ethyl adjacent to an activating group) is 1. The van der Waals surface area contributed by atoms with Gasteiger partial charge in [0.25, 0.3) is 0 Å². The first kappa shape index (κ1) is 18.3. The molecule has 0 aliphatic carbocycles. The standard InChI is InChI=1S/C19H20FN3O5/c1-21(18(25)26)9-17-16-7-12-6-13(11-2-4-22(10-24)5-3-11)14(20)8-15(12)23(16)19(27)28-17/h2,6,8,10,16-17H,3-5,7,9H2,1H3,(H,25,26)/t16-,17-/m0/s1. The van der Waals surface area contributed by atoms with E-state index in [1.54, 1.807) is 11.0 Å². The fourth-order valence-electron chi connectivity index (χ4n) is 4.07. The molecule has 0 radical (unpaired) electrons. The summed E-state index contributed by atoms with van der Waals surface area (Å²) in [6.45, 7) is 1.04. The molecular weight excluding hydrogens is 369 g/mol. The van der Waals surface area contributed by atoms with E-state index >= 15 is 0 Å². The second-order valence-electron chi connectivity index (χ2n) is 7.27. The van der Waals surface area contributed by atoms with Gasteiger partial charge in [-0.25, -0.2) is 14.0 Å². The number of halogens is 1. The van der Waals surface area contributed by atoms with Gasteiger partial charge in [-0.05, 0) is 36.1 Å². The highest BCUT2D eigenvalue weighted by Crippen LogP contribution is 2.41. The molecule has 0 spiro atoms. The number of anilines is 1. The number of cyclic esters (lactones) is 1.